The molecule has 0 aliphatic heterocycles. The highest BCUT2D eigenvalue weighted by molar-refractivity contribution is 5.46. The molecule has 0 radical (unpaired) electrons. The summed E-state index contributed by atoms with van der Waals surface area (Å²) < 4.78 is 10.7. The van der Waals surface area contributed by atoms with Crippen LogP contribution < -0.4 is 0 Å². The molecule has 0 fully saturated rings. The van der Waals surface area contributed by atoms with Crippen LogP contribution in [0.5, 0.6) is 0 Å². The highest BCUT2D eigenvalue weighted by Crippen LogP contribution is 2.16. The summed E-state index contributed by atoms with van der Waals surface area (Å²) in [6.45, 7) is 5.29. The zero-order valence-electron chi connectivity index (χ0n) is 13.4. The first kappa shape index (κ1) is 15.4. The number of hydrogen-bond acceptors (Lipinski definition) is 7. The van der Waals surface area contributed by atoms with Crippen molar-refractivity contribution in [3.63, 3.8) is 0 Å². The molecule has 0 amide bonds. The van der Waals surface area contributed by atoms with Gasteiger partial charge in [0.15, 0.2) is 5.89 Å². The van der Waals surface area contributed by atoms with Crippen molar-refractivity contribution in [2.75, 3.05) is 7.05 Å². The van der Waals surface area contributed by atoms with E-state index in [4.69, 9.17) is 8.94 Å². The predicted octanol–water partition coefficient (Wildman–Crippen LogP) is 2.88. The van der Waals surface area contributed by atoms with Gasteiger partial charge in [0.05, 0.1) is 12.2 Å². The number of aromatic nitrogens is 4. The van der Waals surface area contributed by atoms with Crippen molar-refractivity contribution in [2.24, 2.45) is 0 Å². The first-order chi connectivity index (χ1) is 11.1. The molecule has 3 heterocycles. The average Bonchev–Trinajstić information content (AvgIpc) is 3.18. The topological polar surface area (TPSA) is 81.1 Å². The van der Waals surface area contributed by atoms with E-state index in [9.17, 15) is 0 Å². The Balaban J connectivity index is 1.61. The van der Waals surface area contributed by atoms with Crippen molar-refractivity contribution in [2.45, 2.75) is 32.9 Å². The number of oxazole rings is 1. The van der Waals surface area contributed by atoms with Gasteiger partial charge < -0.3 is 8.94 Å². The summed E-state index contributed by atoms with van der Waals surface area (Å²) in [5.41, 5.74) is 1.59. The van der Waals surface area contributed by atoms with E-state index in [1.165, 1.54) is 0 Å². The summed E-state index contributed by atoms with van der Waals surface area (Å²) in [5.74, 6) is 2.08. The largest absolute Gasteiger partial charge is 0.448 e. The van der Waals surface area contributed by atoms with Gasteiger partial charge in [-0.2, -0.15) is 4.98 Å². The molecule has 0 spiro atoms. The molecule has 3 rings (SSSR count). The van der Waals surface area contributed by atoms with E-state index in [1.807, 2.05) is 30.1 Å². The van der Waals surface area contributed by atoms with Gasteiger partial charge in [0.2, 0.25) is 11.7 Å². The standard InChI is InChI=1S/C16H19N5O2/c1-11(2)16-18-12(10-22-16)8-21(3)9-14-19-15(20-23-14)13-6-4-5-7-17-13/h4-7,10-11H,8-9H2,1-3H3. The molecule has 0 bridgehead atoms. The average molecular weight is 313 g/mol. The van der Waals surface area contributed by atoms with E-state index >= 15 is 0 Å². The monoisotopic (exact) mass is 313 g/mol. The van der Waals surface area contributed by atoms with Crippen molar-refractivity contribution in [3.8, 4) is 11.5 Å². The maximum atomic E-state index is 5.44. The van der Waals surface area contributed by atoms with Gasteiger partial charge in [-0.15, -0.1) is 0 Å². The number of nitrogens with zero attached hydrogens (tertiary/aromatic N) is 5. The Bertz CT molecular complexity index is 751. The van der Waals surface area contributed by atoms with E-state index in [1.54, 1.807) is 12.5 Å². The van der Waals surface area contributed by atoms with Crippen LogP contribution in [0.4, 0.5) is 0 Å². The predicted molar refractivity (Wildman–Crippen MR) is 83.3 cm³/mol. The number of pyridine rings is 1. The zero-order valence-corrected chi connectivity index (χ0v) is 13.4. The Morgan fingerprint density at radius 2 is 2.04 bits per heavy atom. The van der Waals surface area contributed by atoms with Gasteiger partial charge >= 0.3 is 0 Å². The minimum absolute atomic E-state index is 0.283. The Morgan fingerprint density at radius 3 is 2.74 bits per heavy atom. The minimum Gasteiger partial charge on any atom is -0.448 e. The van der Waals surface area contributed by atoms with E-state index in [0.29, 0.717) is 30.5 Å². The lowest BCUT2D eigenvalue weighted by atomic mass is 10.2. The molecule has 120 valence electrons. The number of rotatable bonds is 6. The summed E-state index contributed by atoms with van der Waals surface area (Å²) in [5, 5.41) is 3.96. The van der Waals surface area contributed by atoms with Crippen LogP contribution in [0.1, 0.15) is 37.2 Å². The van der Waals surface area contributed by atoms with E-state index in [-0.39, 0.29) is 5.92 Å². The minimum atomic E-state index is 0.283. The Hall–Kier alpha value is -2.54. The smallest absolute Gasteiger partial charge is 0.241 e. The fraction of sp³-hybridized carbons (Fsp3) is 0.375. The van der Waals surface area contributed by atoms with Gasteiger partial charge in [-0.05, 0) is 19.2 Å². The lowest BCUT2D eigenvalue weighted by molar-refractivity contribution is 0.258. The van der Waals surface area contributed by atoms with Gasteiger partial charge in [0.25, 0.3) is 0 Å². The van der Waals surface area contributed by atoms with Crippen LogP contribution in [-0.4, -0.2) is 32.1 Å². The fourth-order valence-corrected chi connectivity index (χ4v) is 2.14. The maximum Gasteiger partial charge on any atom is 0.241 e. The molecular formula is C16H19N5O2. The summed E-state index contributed by atoms with van der Waals surface area (Å²) in [6.07, 6.45) is 3.40. The molecule has 0 saturated carbocycles. The quantitative estimate of drug-likeness (QED) is 0.692. The lowest BCUT2D eigenvalue weighted by Crippen LogP contribution is -2.17. The van der Waals surface area contributed by atoms with Crippen molar-refractivity contribution < 1.29 is 8.94 Å². The normalized spacial score (nSPS) is 11.5. The van der Waals surface area contributed by atoms with Gasteiger partial charge in [-0.25, -0.2) is 4.98 Å². The maximum absolute atomic E-state index is 5.44. The molecule has 23 heavy (non-hydrogen) atoms. The van der Waals surface area contributed by atoms with Crippen molar-refractivity contribution >= 4 is 0 Å². The second kappa shape index (κ2) is 6.70. The van der Waals surface area contributed by atoms with Gasteiger partial charge in [-0.3, -0.25) is 9.88 Å². The van der Waals surface area contributed by atoms with Crippen LogP contribution in [0.3, 0.4) is 0 Å². The number of hydrogen-bond donors (Lipinski definition) is 0. The third-order valence-electron chi connectivity index (χ3n) is 3.26. The fourth-order valence-electron chi connectivity index (χ4n) is 2.14. The molecule has 3 aromatic heterocycles. The van der Waals surface area contributed by atoms with Crippen LogP contribution in [0.25, 0.3) is 11.5 Å². The van der Waals surface area contributed by atoms with Gasteiger partial charge in [0, 0.05) is 18.7 Å². The van der Waals surface area contributed by atoms with Crippen molar-refractivity contribution in [1.82, 2.24) is 25.0 Å². The Kier molecular flexibility index (Phi) is 4.47. The molecule has 0 N–H and O–H groups in total. The zero-order chi connectivity index (χ0) is 16.2. The van der Waals surface area contributed by atoms with Gasteiger partial charge in [-0.1, -0.05) is 25.1 Å². The summed E-state index contributed by atoms with van der Waals surface area (Å²) in [6, 6.07) is 5.59. The molecular weight excluding hydrogens is 294 g/mol. The first-order valence-corrected chi connectivity index (χ1v) is 7.48. The molecule has 0 atom stereocenters. The second-order valence-corrected chi connectivity index (χ2v) is 5.73. The van der Waals surface area contributed by atoms with Gasteiger partial charge in [0.1, 0.15) is 12.0 Å². The highest BCUT2D eigenvalue weighted by Gasteiger charge is 2.14. The molecule has 0 aromatic carbocycles. The van der Waals surface area contributed by atoms with E-state index in [0.717, 1.165) is 11.6 Å². The molecule has 0 aliphatic carbocycles. The SMILES string of the molecule is CC(C)c1nc(CN(C)Cc2nc(-c3ccccn3)no2)co1. The lowest BCUT2D eigenvalue weighted by Gasteiger charge is -2.11. The Morgan fingerprint density at radius 1 is 1.17 bits per heavy atom. The Labute approximate surface area is 134 Å². The summed E-state index contributed by atoms with van der Waals surface area (Å²) in [7, 11) is 1.97. The molecule has 0 unspecified atom stereocenters. The van der Waals surface area contributed by atoms with Crippen LogP contribution in [0, 0.1) is 0 Å². The summed E-state index contributed by atoms with van der Waals surface area (Å²) >= 11 is 0. The van der Waals surface area contributed by atoms with Crippen LogP contribution >= 0.6 is 0 Å². The second-order valence-electron chi connectivity index (χ2n) is 5.73. The van der Waals surface area contributed by atoms with E-state index < -0.39 is 0 Å². The van der Waals surface area contributed by atoms with Crippen LogP contribution in [0.2, 0.25) is 0 Å². The highest BCUT2D eigenvalue weighted by atomic mass is 16.5. The molecule has 7 nitrogen and oxygen atoms in total. The third-order valence-corrected chi connectivity index (χ3v) is 3.26. The van der Waals surface area contributed by atoms with Crippen LogP contribution in [-0.2, 0) is 13.1 Å². The molecule has 0 saturated heterocycles. The third kappa shape index (κ3) is 3.81. The first-order valence-electron chi connectivity index (χ1n) is 7.48. The summed E-state index contributed by atoms with van der Waals surface area (Å²) in [4.78, 5) is 15.1. The van der Waals surface area contributed by atoms with Crippen molar-refractivity contribution in [1.29, 1.82) is 0 Å². The van der Waals surface area contributed by atoms with E-state index in [2.05, 4.69) is 34.0 Å². The molecule has 3 aromatic rings. The van der Waals surface area contributed by atoms with Crippen LogP contribution in [0.15, 0.2) is 39.6 Å². The molecule has 0 aliphatic rings. The van der Waals surface area contributed by atoms with Crippen molar-refractivity contribution in [3.05, 3.63) is 48.1 Å². The molecule has 7 heteroatoms.